The zero-order valence-electron chi connectivity index (χ0n) is 13.8. The van der Waals surface area contributed by atoms with Gasteiger partial charge in [0.05, 0.1) is 6.61 Å². The van der Waals surface area contributed by atoms with Gasteiger partial charge in [0.1, 0.15) is 5.75 Å². The molecule has 2 aliphatic rings. The highest BCUT2D eigenvalue weighted by atomic mass is 16.5. The molecular weight excluding hydrogens is 324 g/mol. The fourth-order valence-electron chi connectivity index (χ4n) is 3.52. The average Bonchev–Trinajstić information content (AvgIpc) is 2.98. The van der Waals surface area contributed by atoms with Crippen LogP contribution in [0.15, 0.2) is 6.07 Å². The minimum atomic E-state index is -1.84. The Kier molecular flexibility index (Phi) is 4.69. The molecule has 1 aliphatic heterocycles. The molecule has 1 aromatic rings. The number of unbranched alkanes of at least 4 members (excludes halogenated alkanes) is 1. The van der Waals surface area contributed by atoms with Crippen LogP contribution >= 0.6 is 0 Å². The Balaban J connectivity index is 2.10. The van der Waals surface area contributed by atoms with Crippen LogP contribution in [0.2, 0.25) is 0 Å². The number of aliphatic hydroxyl groups excluding tert-OH is 1. The number of hydrogen-bond acceptors (Lipinski definition) is 4. The summed E-state index contributed by atoms with van der Waals surface area (Å²) >= 11 is 0. The van der Waals surface area contributed by atoms with Crippen molar-refractivity contribution < 1.29 is 29.6 Å². The highest BCUT2D eigenvalue weighted by Gasteiger charge is 2.52. The molecule has 0 bridgehead atoms. The van der Waals surface area contributed by atoms with E-state index in [-0.39, 0.29) is 19.4 Å². The first-order valence-corrected chi connectivity index (χ1v) is 8.36. The van der Waals surface area contributed by atoms with E-state index in [1.165, 1.54) is 0 Å². The normalized spacial score (nSPS) is 16.8. The first-order valence-electron chi connectivity index (χ1n) is 8.36. The molecule has 3 rings (SSSR count). The van der Waals surface area contributed by atoms with Crippen molar-refractivity contribution in [2.24, 2.45) is 5.41 Å². The molecular formula is C19H20O6. The molecule has 1 heterocycles. The van der Waals surface area contributed by atoms with Crippen LogP contribution in [0.5, 0.6) is 5.75 Å². The van der Waals surface area contributed by atoms with Gasteiger partial charge in [-0.1, -0.05) is 11.8 Å². The summed E-state index contributed by atoms with van der Waals surface area (Å²) in [6, 6.07) is 1.79. The first kappa shape index (κ1) is 17.3. The van der Waals surface area contributed by atoms with Gasteiger partial charge in [0, 0.05) is 30.6 Å². The van der Waals surface area contributed by atoms with Gasteiger partial charge in [-0.25, -0.2) is 0 Å². The van der Waals surface area contributed by atoms with Gasteiger partial charge in [0.2, 0.25) is 0 Å². The number of ether oxygens (including phenoxy) is 1. The predicted molar refractivity (Wildman–Crippen MR) is 88.6 cm³/mol. The summed E-state index contributed by atoms with van der Waals surface area (Å²) in [4.78, 5) is 23.4. The summed E-state index contributed by atoms with van der Waals surface area (Å²) in [6.45, 7) is 0.649. The monoisotopic (exact) mass is 344 g/mol. The van der Waals surface area contributed by atoms with Crippen LogP contribution in [-0.4, -0.2) is 40.5 Å². The van der Waals surface area contributed by atoms with Crippen molar-refractivity contribution in [1.29, 1.82) is 0 Å². The summed E-state index contributed by atoms with van der Waals surface area (Å²) in [6.07, 6.45) is 2.59. The van der Waals surface area contributed by atoms with E-state index in [9.17, 15) is 19.8 Å². The van der Waals surface area contributed by atoms with E-state index in [1.807, 2.05) is 0 Å². The molecule has 0 saturated heterocycles. The Morgan fingerprint density at radius 2 is 1.96 bits per heavy atom. The smallest absolute Gasteiger partial charge is 0.321 e. The number of fused-ring (bicyclic) bond motifs is 2. The number of carboxylic acids is 2. The number of rotatable bonds is 4. The lowest BCUT2D eigenvalue weighted by Crippen LogP contribution is -2.40. The van der Waals surface area contributed by atoms with Crippen LogP contribution in [-0.2, 0) is 28.9 Å². The second kappa shape index (κ2) is 6.77. The van der Waals surface area contributed by atoms with Crippen LogP contribution < -0.4 is 4.74 Å². The van der Waals surface area contributed by atoms with E-state index in [2.05, 4.69) is 11.8 Å². The van der Waals surface area contributed by atoms with E-state index < -0.39 is 17.4 Å². The molecule has 1 aromatic carbocycles. The zero-order valence-corrected chi connectivity index (χ0v) is 13.8. The van der Waals surface area contributed by atoms with Crippen LogP contribution in [0.1, 0.15) is 41.5 Å². The van der Waals surface area contributed by atoms with Crippen molar-refractivity contribution in [3.05, 3.63) is 28.3 Å². The van der Waals surface area contributed by atoms with E-state index in [0.717, 1.165) is 24.0 Å². The molecule has 3 N–H and O–H groups in total. The van der Waals surface area contributed by atoms with E-state index in [4.69, 9.17) is 9.84 Å². The minimum absolute atomic E-state index is 0.0595. The second-order valence-corrected chi connectivity index (χ2v) is 6.49. The Morgan fingerprint density at radius 3 is 2.64 bits per heavy atom. The van der Waals surface area contributed by atoms with Crippen molar-refractivity contribution in [2.75, 3.05) is 13.2 Å². The molecule has 25 heavy (non-hydrogen) atoms. The van der Waals surface area contributed by atoms with Gasteiger partial charge in [0.15, 0.2) is 5.41 Å². The molecule has 132 valence electrons. The fourth-order valence-corrected chi connectivity index (χ4v) is 3.52. The van der Waals surface area contributed by atoms with Gasteiger partial charge in [-0.2, -0.15) is 0 Å². The third-order valence-corrected chi connectivity index (χ3v) is 4.89. The number of carboxylic acid groups (broad SMARTS) is 2. The summed E-state index contributed by atoms with van der Waals surface area (Å²) in [5.41, 5.74) is 1.22. The Labute approximate surface area is 145 Å². The lowest BCUT2D eigenvalue weighted by molar-refractivity contribution is -0.163. The van der Waals surface area contributed by atoms with Gasteiger partial charge < -0.3 is 20.1 Å². The molecule has 0 spiro atoms. The highest BCUT2D eigenvalue weighted by Crippen LogP contribution is 2.44. The van der Waals surface area contributed by atoms with Gasteiger partial charge in [-0.15, -0.1) is 0 Å². The van der Waals surface area contributed by atoms with Crippen LogP contribution in [0.3, 0.4) is 0 Å². The highest BCUT2D eigenvalue weighted by molar-refractivity contribution is 6.00. The molecule has 0 fully saturated rings. The maximum absolute atomic E-state index is 11.7. The maximum atomic E-state index is 11.7. The van der Waals surface area contributed by atoms with E-state index >= 15 is 0 Å². The molecule has 0 saturated carbocycles. The standard InChI is InChI=1S/C19H20O6/c20-7-3-1-2-5-13-14-6-4-8-25-16(14)9-12-10-19(17(21)22,18(23)24)11-15(12)13/h9,20H,1,3-4,6-8,10-11H2,(H,21,22)(H,23,24). The van der Waals surface area contributed by atoms with Crippen molar-refractivity contribution in [2.45, 2.75) is 38.5 Å². The first-order chi connectivity index (χ1) is 12.0. The number of aliphatic carboxylic acids is 2. The molecule has 0 aromatic heterocycles. The van der Waals surface area contributed by atoms with Crippen LogP contribution in [0.25, 0.3) is 0 Å². The number of aliphatic hydroxyl groups is 1. The molecule has 1 aliphatic carbocycles. The number of hydrogen-bond donors (Lipinski definition) is 3. The largest absolute Gasteiger partial charge is 0.493 e. The van der Waals surface area contributed by atoms with Crippen molar-refractivity contribution in [1.82, 2.24) is 0 Å². The molecule has 0 unspecified atom stereocenters. The molecule has 6 nitrogen and oxygen atoms in total. The Bertz CT molecular complexity index is 769. The van der Waals surface area contributed by atoms with E-state index in [0.29, 0.717) is 36.3 Å². The zero-order chi connectivity index (χ0) is 18.0. The second-order valence-electron chi connectivity index (χ2n) is 6.49. The quantitative estimate of drug-likeness (QED) is 0.433. The van der Waals surface area contributed by atoms with Crippen molar-refractivity contribution >= 4 is 11.9 Å². The van der Waals surface area contributed by atoms with Gasteiger partial charge in [-0.3, -0.25) is 9.59 Å². The maximum Gasteiger partial charge on any atom is 0.321 e. The van der Waals surface area contributed by atoms with Crippen molar-refractivity contribution in [3.8, 4) is 17.6 Å². The van der Waals surface area contributed by atoms with Gasteiger partial charge >= 0.3 is 11.9 Å². The number of benzene rings is 1. The molecule has 0 atom stereocenters. The van der Waals surface area contributed by atoms with E-state index in [1.54, 1.807) is 6.07 Å². The third-order valence-electron chi connectivity index (χ3n) is 4.89. The molecule has 0 radical (unpaired) electrons. The fraction of sp³-hybridized carbons (Fsp3) is 0.474. The lowest BCUT2D eigenvalue weighted by Gasteiger charge is -2.21. The summed E-state index contributed by atoms with van der Waals surface area (Å²) < 4.78 is 5.70. The molecule has 0 amide bonds. The van der Waals surface area contributed by atoms with Crippen molar-refractivity contribution in [3.63, 3.8) is 0 Å². The van der Waals surface area contributed by atoms with Crippen LogP contribution in [0, 0.1) is 17.3 Å². The predicted octanol–water partition coefficient (Wildman–Crippen LogP) is 1.39. The SMILES string of the molecule is O=C(O)C1(C(=O)O)Cc2cc3c(c(C#CCCCO)c2C1)CCCO3. The molecule has 6 heteroatoms. The Hall–Kier alpha value is -2.52. The van der Waals surface area contributed by atoms with Crippen LogP contribution in [0.4, 0.5) is 0 Å². The summed E-state index contributed by atoms with van der Waals surface area (Å²) in [7, 11) is 0. The third kappa shape index (κ3) is 2.96. The average molecular weight is 344 g/mol. The topological polar surface area (TPSA) is 104 Å². The lowest BCUT2D eigenvalue weighted by atomic mass is 9.84. The minimum Gasteiger partial charge on any atom is -0.493 e. The summed E-state index contributed by atoms with van der Waals surface area (Å²) in [5, 5.41) is 27.9. The van der Waals surface area contributed by atoms with Gasteiger partial charge in [0.25, 0.3) is 0 Å². The van der Waals surface area contributed by atoms with Gasteiger partial charge in [-0.05, 0) is 42.9 Å². The summed E-state index contributed by atoms with van der Waals surface area (Å²) in [5.74, 6) is 4.14. The number of carbonyl (C=O) groups is 2. The Morgan fingerprint density at radius 1 is 1.20 bits per heavy atom.